The second-order valence-corrected chi connectivity index (χ2v) is 4.91. The Bertz CT molecular complexity index is 803. The van der Waals surface area contributed by atoms with Gasteiger partial charge in [-0.25, -0.2) is 9.69 Å². The fourth-order valence-corrected chi connectivity index (χ4v) is 2.47. The number of nitrogens with zero attached hydrogens (tertiary/aromatic N) is 1. The highest BCUT2D eigenvalue weighted by Gasteiger charge is 2.36. The van der Waals surface area contributed by atoms with E-state index in [1.54, 1.807) is 48.5 Å². The number of rotatable bonds is 3. The van der Waals surface area contributed by atoms with Gasteiger partial charge in [0.1, 0.15) is 0 Å². The predicted molar refractivity (Wildman–Crippen MR) is 85.1 cm³/mol. The Morgan fingerprint density at radius 3 is 2.13 bits per heavy atom. The van der Waals surface area contributed by atoms with Gasteiger partial charge in [-0.05, 0) is 29.8 Å². The Labute approximate surface area is 132 Å². The standard InChI is InChI=1S/C18H13NO4/c1-23-16(20)11-10-12-6-2-5-9-15(12)19-17(21)13-7-3-4-8-14(13)18(19)22/h2-11H,1H3/b11-10+. The number of anilines is 1. The molecule has 114 valence electrons. The van der Waals surface area contributed by atoms with Gasteiger partial charge in [0.15, 0.2) is 0 Å². The number of benzene rings is 2. The molecule has 5 heteroatoms. The molecule has 0 fully saturated rings. The van der Waals surface area contributed by atoms with E-state index in [9.17, 15) is 14.4 Å². The maximum atomic E-state index is 12.5. The lowest BCUT2D eigenvalue weighted by molar-refractivity contribution is -0.134. The first-order valence-electron chi connectivity index (χ1n) is 6.96. The van der Waals surface area contributed by atoms with Gasteiger partial charge < -0.3 is 4.74 Å². The maximum Gasteiger partial charge on any atom is 0.330 e. The van der Waals surface area contributed by atoms with Gasteiger partial charge in [0.25, 0.3) is 11.8 Å². The molecule has 0 bridgehead atoms. The quantitative estimate of drug-likeness (QED) is 0.497. The number of methoxy groups -OCH3 is 1. The van der Waals surface area contributed by atoms with Crippen LogP contribution in [0, 0.1) is 0 Å². The SMILES string of the molecule is COC(=O)/C=C/c1ccccc1N1C(=O)c2ccccc2C1=O. The lowest BCUT2D eigenvalue weighted by Gasteiger charge is -2.16. The molecule has 2 aromatic rings. The van der Waals surface area contributed by atoms with Crippen molar-refractivity contribution in [3.63, 3.8) is 0 Å². The van der Waals surface area contributed by atoms with E-state index in [0.29, 0.717) is 22.4 Å². The summed E-state index contributed by atoms with van der Waals surface area (Å²) >= 11 is 0. The van der Waals surface area contributed by atoms with Gasteiger partial charge in [-0.3, -0.25) is 9.59 Å². The second-order valence-electron chi connectivity index (χ2n) is 4.91. The number of ether oxygens (including phenoxy) is 1. The first kappa shape index (κ1) is 14.7. The molecule has 2 amide bonds. The largest absolute Gasteiger partial charge is 0.466 e. The molecule has 2 aromatic carbocycles. The van der Waals surface area contributed by atoms with Gasteiger partial charge in [-0.2, -0.15) is 0 Å². The van der Waals surface area contributed by atoms with Gasteiger partial charge in [0.2, 0.25) is 0 Å². The van der Waals surface area contributed by atoms with E-state index in [1.165, 1.54) is 19.3 Å². The smallest absolute Gasteiger partial charge is 0.330 e. The predicted octanol–water partition coefficient (Wildman–Crippen LogP) is 2.67. The van der Waals surface area contributed by atoms with Gasteiger partial charge >= 0.3 is 5.97 Å². The molecule has 0 spiro atoms. The van der Waals surface area contributed by atoms with Crippen LogP contribution in [0.15, 0.2) is 54.6 Å². The monoisotopic (exact) mass is 307 g/mol. The summed E-state index contributed by atoms with van der Waals surface area (Å²) in [7, 11) is 1.28. The minimum atomic E-state index is -0.512. The van der Waals surface area contributed by atoms with Crippen molar-refractivity contribution in [2.75, 3.05) is 12.0 Å². The van der Waals surface area contributed by atoms with E-state index in [0.717, 1.165) is 4.90 Å². The minimum absolute atomic E-state index is 0.371. The van der Waals surface area contributed by atoms with Gasteiger partial charge in [-0.1, -0.05) is 30.3 Å². The molecule has 0 unspecified atom stereocenters. The van der Waals surface area contributed by atoms with Crippen molar-refractivity contribution >= 4 is 29.5 Å². The van der Waals surface area contributed by atoms with Crippen molar-refractivity contribution in [1.82, 2.24) is 0 Å². The zero-order valence-electron chi connectivity index (χ0n) is 12.4. The molecule has 0 atom stereocenters. The molecule has 1 aliphatic rings. The van der Waals surface area contributed by atoms with Crippen LogP contribution >= 0.6 is 0 Å². The Balaban J connectivity index is 2.04. The normalized spacial score (nSPS) is 13.5. The van der Waals surface area contributed by atoms with Crippen molar-refractivity contribution in [1.29, 1.82) is 0 Å². The van der Waals surface area contributed by atoms with Crippen molar-refractivity contribution in [3.8, 4) is 0 Å². The third-order valence-corrected chi connectivity index (χ3v) is 3.57. The topological polar surface area (TPSA) is 63.7 Å². The van der Waals surface area contributed by atoms with Crippen LogP contribution in [-0.2, 0) is 9.53 Å². The molecular formula is C18H13NO4. The van der Waals surface area contributed by atoms with E-state index in [4.69, 9.17) is 0 Å². The Hall–Kier alpha value is -3.21. The number of carbonyl (C=O) groups excluding carboxylic acids is 3. The van der Waals surface area contributed by atoms with Crippen molar-refractivity contribution in [3.05, 3.63) is 71.3 Å². The first-order valence-corrected chi connectivity index (χ1v) is 6.96. The fourth-order valence-electron chi connectivity index (χ4n) is 2.47. The van der Waals surface area contributed by atoms with Crippen LogP contribution in [0.2, 0.25) is 0 Å². The summed E-state index contributed by atoms with van der Waals surface area (Å²) in [6, 6.07) is 13.6. The van der Waals surface area contributed by atoms with Gasteiger partial charge in [0, 0.05) is 6.08 Å². The van der Waals surface area contributed by atoms with E-state index in [2.05, 4.69) is 4.74 Å². The Morgan fingerprint density at radius 1 is 0.957 bits per heavy atom. The lowest BCUT2D eigenvalue weighted by atomic mass is 10.1. The third kappa shape index (κ3) is 2.53. The summed E-state index contributed by atoms with van der Waals surface area (Å²) in [5, 5.41) is 0. The van der Waals surface area contributed by atoms with Crippen LogP contribution in [0.25, 0.3) is 6.08 Å². The molecule has 0 aliphatic carbocycles. The minimum Gasteiger partial charge on any atom is -0.466 e. The summed E-state index contributed by atoms with van der Waals surface area (Å²) < 4.78 is 4.56. The number of fused-ring (bicyclic) bond motifs is 1. The number of hydrogen-bond donors (Lipinski definition) is 0. The first-order chi connectivity index (χ1) is 11.1. The lowest BCUT2D eigenvalue weighted by Crippen LogP contribution is -2.29. The molecule has 1 aliphatic heterocycles. The average Bonchev–Trinajstić information content (AvgIpc) is 2.84. The number of hydrogen-bond acceptors (Lipinski definition) is 4. The summed E-state index contributed by atoms with van der Waals surface area (Å²) in [4.78, 5) is 37.5. The van der Waals surface area contributed by atoms with Crippen LogP contribution in [0.3, 0.4) is 0 Å². The number of carbonyl (C=O) groups is 3. The zero-order valence-corrected chi connectivity index (χ0v) is 12.4. The van der Waals surface area contributed by atoms with Crippen LogP contribution in [0.1, 0.15) is 26.3 Å². The number of amides is 2. The summed E-state index contributed by atoms with van der Waals surface area (Å²) in [6.45, 7) is 0. The van der Waals surface area contributed by atoms with Crippen molar-refractivity contribution < 1.29 is 19.1 Å². The number of esters is 1. The zero-order chi connectivity index (χ0) is 16.4. The maximum absolute atomic E-state index is 12.5. The summed E-state index contributed by atoms with van der Waals surface area (Å²) in [5.74, 6) is -1.25. The Kier molecular flexibility index (Phi) is 3.76. The van der Waals surface area contributed by atoms with Crippen LogP contribution in [-0.4, -0.2) is 24.9 Å². The third-order valence-electron chi connectivity index (χ3n) is 3.57. The summed E-state index contributed by atoms with van der Waals surface area (Å²) in [5.41, 5.74) is 1.76. The molecule has 5 nitrogen and oxygen atoms in total. The molecule has 0 N–H and O–H groups in total. The Morgan fingerprint density at radius 2 is 1.52 bits per heavy atom. The van der Waals surface area contributed by atoms with Crippen molar-refractivity contribution in [2.45, 2.75) is 0 Å². The highest BCUT2D eigenvalue weighted by Crippen LogP contribution is 2.31. The fraction of sp³-hybridized carbons (Fsp3) is 0.0556. The number of imide groups is 1. The van der Waals surface area contributed by atoms with Crippen LogP contribution in [0.5, 0.6) is 0 Å². The van der Waals surface area contributed by atoms with E-state index in [1.807, 2.05) is 0 Å². The molecule has 23 heavy (non-hydrogen) atoms. The van der Waals surface area contributed by atoms with E-state index < -0.39 is 5.97 Å². The van der Waals surface area contributed by atoms with E-state index >= 15 is 0 Å². The molecule has 0 saturated heterocycles. The molecule has 1 heterocycles. The summed E-state index contributed by atoms with van der Waals surface area (Å²) in [6.07, 6.45) is 2.77. The molecule has 3 rings (SSSR count). The molecule has 0 radical (unpaired) electrons. The average molecular weight is 307 g/mol. The number of para-hydroxylation sites is 1. The molecule has 0 saturated carbocycles. The van der Waals surface area contributed by atoms with Gasteiger partial charge in [0.05, 0.1) is 23.9 Å². The highest BCUT2D eigenvalue weighted by molar-refractivity contribution is 6.34. The second kappa shape index (κ2) is 5.88. The van der Waals surface area contributed by atoms with E-state index in [-0.39, 0.29) is 11.8 Å². The van der Waals surface area contributed by atoms with Crippen LogP contribution < -0.4 is 4.90 Å². The van der Waals surface area contributed by atoms with Gasteiger partial charge in [-0.15, -0.1) is 0 Å². The molecular weight excluding hydrogens is 294 g/mol. The highest BCUT2D eigenvalue weighted by atomic mass is 16.5. The van der Waals surface area contributed by atoms with Crippen molar-refractivity contribution in [2.24, 2.45) is 0 Å². The van der Waals surface area contributed by atoms with Crippen LogP contribution in [0.4, 0.5) is 5.69 Å². The molecule has 0 aromatic heterocycles.